The molecule has 0 aliphatic rings. The van der Waals surface area contributed by atoms with Gasteiger partial charge in [0.15, 0.2) is 5.11 Å². The van der Waals surface area contributed by atoms with E-state index in [1.54, 1.807) is 4.90 Å². The molecule has 0 saturated heterocycles. The molecule has 0 aromatic heterocycles. The van der Waals surface area contributed by atoms with E-state index in [2.05, 4.69) is 5.43 Å². The van der Waals surface area contributed by atoms with Crippen molar-refractivity contribution in [3.63, 3.8) is 0 Å². The molecule has 0 fully saturated rings. The van der Waals surface area contributed by atoms with Crippen LogP contribution in [0.5, 0.6) is 0 Å². The van der Waals surface area contributed by atoms with E-state index in [4.69, 9.17) is 28.3 Å². The molecule has 0 rings (SSSR count). The number of nitrogens with two attached hydrogens (primary N) is 1. The van der Waals surface area contributed by atoms with Crippen LogP contribution < -0.4 is 11.3 Å². The first kappa shape index (κ1) is 10.6. The van der Waals surface area contributed by atoms with E-state index in [-0.39, 0.29) is 13.2 Å². The average Bonchev–Trinajstić information content (AvgIpc) is 2.03. The van der Waals surface area contributed by atoms with Gasteiger partial charge in [-0.3, -0.25) is 0 Å². The molecule has 0 unspecified atom stereocenters. The largest absolute Gasteiger partial charge is 0.395 e. The van der Waals surface area contributed by atoms with Gasteiger partial charge in [0.05, 0.1) is 13.2 Å². The fourth-order valence-electron chi connectivity index (χ4n) is 0.648. The molecule has 0 aromatic carbocycles. The Balaban J connectivity index is 3.76. The molecule has 5 N–H and O–H groups in total. The summed E-state index contributed by atoms with van der Waals surface area (Å²) in [7, 11) is 0. The summed E-state index contributed by atoms with van der Waals surface area (Å²) in [6.07, 6.45) is 0. The maximum Gasteiger partial charge on any atom is 0.183 e. The molecular formula is C5H13N3O2S. The maximum atomic E-state index is 8.56. The summed E-state index contributed by atoms with van der Waals surface area (Å²) in [5.41, 5.74) is 2.27. The zero-order valence-corrected chi connectivity index (χ0v) is 6.97. The van der Waals surface area contributed by atoms with Crippen LogP contribution in [-0.2, 0) is 0 Å². The van der Waals surface area contributed by atoms with Crippen molar-refractivity contribution in [1.29, 1.82) is 0 Å². The highest BCUT2D eigenvalue weighted by molar-refractivity contribution is 7.80. The van der Waals surface area contributed by atoms with Gasteiger partial charge in [-0.2, -0.15) is 0 Å². The van der Waals surface area contributed by atoms with E-state index < -0.39 is 0 Å². The number of rotatable bonds is 4. The number of aliphatic hydroxyl groups is 2. The fourth-order valence-corrected chi connectivity index (χ4v) is 0.830. The number of thiocarbonyl (C=S) groups is 1. The highest BCUT2D eigenvalue weighted by Crippen LogP contribution is 1.86. The van der Waals surface area contributed by atoms with Gasteiger partial charge in [-0.1, -0.05) is 0 Å². The van der Waals surface area contributed by atoms with Crippen LogP contribution in [0.3, 0.4) is 0 Å². The van der Waals surface area contributed by atoms with Gasteiger partial charge in [0.1, 0.15) is 0 Å². The van der Waals surface area contributed by atoms with E-state index in [1.165, 1.54) is 0 Å². The lowest BCUT2D eigenvalue weighted by atomic mass is 10.5. The zero-order valence-electron chi connectivity index (χ0n) is 6.16. The molecule has 0 amide bonds. The molecule has 0 aliphatic carbocycles. The quantitative estimate of drug-likeness (QED) is 0.227. The van der Waals surface area contributed by atoms with Crippen LogP contribution in [0.2, 0.25) is 0 Å². The minimum atomic E-state index is -0.0121. The summed E-state index contributed by atoms with van der Waals surface area (Å²) < 4.78 is 0. The first-order valence-corrected chi connectivity index (χ1v) is 3.64. The first-order chi connectivity index (χ1) is 5.26. The van der Waals surface area contributed by atoms with Gasteiger partial charge >= 0.3 is 0 Å². The smallest absolute Gasteiger partial charge is 0.183 e. The molecule has 0 atom stereocenters. The zero-order chi connectivity index (χ0) is 8.69. The van der Waals surface area contributed by atoms with E-state index in [1.807, 2.05) is 0 Å². The van der Waals surface area contributed by atoms with Crippen molar-refractivity contribution < 1.29 is 10.2 Å². The molecule has 0 aromatic rings. The van der Waals surface area contributed by atoms with Gasteiger partial charge in [-0.25, -0.2) is 5.84 Å². The van der Waals surface area contributed by atoms with Crippen molar-refractivity contribution in [2.75, 3.05) is 26.3 Å². The number of hydrogen-bond acceptors (Lipinski definition) is 4. The molecular weight excluding hydrogens is 166 g/mol. The molecule has 66 valence electrons. The molecule has 0 aliphatic heterocycles. The van der Waals surface area contributed by atoms with Crippen LogP contribution >= 0.6 is 12.2 Å². The average molecular weight is 179 g/mol. The molecule has 0 radical (unpaired) electrons. The second-order valence-electron chi connectivity index (χ2n) is 1.88. The number of nitrogens with one attached hydrogen (secondary N) is 1. The van der Waals surface area contributed by atoms with Gasteiger partial charge < -0.3 is 20.5 Å². The molecule has 0 heterocycles. The van der Waals surface area contributed by atoms with Crippen molar-refractivity contribution in [2.24, 2.45) is 5.84 Å². The SMILES string of the molecule is NNC(=S)N(CCO)CCO. The topological polar surface area (TPSA) is 81.8 Å². The molecule has 11 heavy (non-hydrogen) atoms. The van der Waals surface area contributed by atoms with E-state index in [0.29, 0.717) is 18.2 Å². The Labute approximate surface area is 70.8 Å². The third-order valence-corrected chi connectivity index (χ3v) is 1.53. The van der Waals surface area contributed by atoms with Crippen LogP contribution in [0.25, 0.3) is 0 Å². The third kappa shape index (κ3) is 4.10. The normalized spacial score (nSPS) is 9.36. The summed E-state index contributed by atoms with van der Waals surface area (Å²) in [4.78, 5) is 1.58. The Bertz CT molecular complexity index is 116. The number of aliphatic hydroxyl groups excluding tert-OH is 2. The van der Waals surface area contributed by atoms with Crippen LogP contribution in [0.1, 0.15) is 0 Å². The Morgan fingerprint density at radius 3 is 2.09 bits per heavy atom. The second-order valence-corrected chi connectivity index (χ2v) is 2.27. The van der Waals surface area contributed by atoms with Crippen molar-refractivity contribution in [1.82, 2.24) is 10.3 Å². The Morgan fingerprint density at radius 2 is 1.82 bits per heavy atom. The highest BCUT2D eigenvalue weighted by Gasteiger charge is 2.05. The van der Waals surface area contributed by atoms with Crippen LogP contribution in [0.15, 0.2) is 0 Å². The van der Waals surface area contributed by atoms with E-state index in [0.717, 1.165) is 0 Å². The summed E-state index contributed by atoms with van der Waals surface area (Å²) in [5.74, 6) is 5.04. The van der Waals surface area contributed by atoms with Crippen molar-refractivity contribution >= 4 is 17.3 Å². The molecule has 0 saturated carbocycles. The van der Waals surface area contributed by atoms with Gasteiger partial charge in [0, 0.05) is 13.1 Å². The highest BCUT2D eigenvalue weighted by atomic mass is 32.1. The first-order valence-electron chi connectivity index (χ1n) is 3.23. The predicted molar refractivity (Wildman–Crippen MR) is 45.7 cm³/mol. The lowest BCUT2D eigenvalue weighted by Gasteiger charge is -2.22. The molecule has 6 heteroatoms. The standard InChI is InChI=1S/C5H13N3O2S/c6-7-5(11)8(1-3-9)2-4-10/h9-10H,1-4,6H2,(H,7,11). The van der Waals surface area contributed by atoms with Crippen molar-refractivity contribution in [3.8, 4) is 0 Å². The molecule has 5 nitrogen and oxygen atoms in total. The minimum Gasteiger partial charge on any atom is -0.395 e. The monoisotopic (exact) mass is 179 g/mol. The van der Waals surface area contributed by atoms with Crippen LogP contribution in [0.4, 0.5) is 0 Å². The predicted octanol–water partition coefficient (Wildman–Crippen LogP) is -1.98. The number of nitrogens with zero attached hydrogens (tertiary/aromatic N) is 1. The van der Waals surface area contributed by atoms with Gasteiger partial charge in [-0.15, -0.1) is 0 Å². The van der Waals surface area contributed by atoms with Gasteiger partial charge in [-0.05, 0) is 12.2 Å². The second kappa shape index (κ2) is 6.29. The maximum absolute atomic E-state index is 8.56. The fraction of sp³-hybridized carbons (Fsp3) is 0.800. The van der Waals surface area contributed by atoms with Gasteiger partial charge in [0.25, 0.3) is 0 Å². The summed E-state index contributed by atoms with van der Waals surface area (Å²) in [6, 6.07) is 0. The lowest BCUT2D eigenvalue weighted by Crippen LogP contribution is -2.45. The third-order valence-electron chi connectivity index (χ3n) is 1.15. The lowest BCUT2D eigenvalue weighted by molar-refractivity contribution is 0.211. The van der Waals surface area contributed by atoms with Crippen molar-refractivity contribution in [2.45, 2.75) is 0 Å². The van der Waals surface area contributed by atoms with E-state index in [9.17, 15) is 0 Å². The van der Waals surface area contributed by atoms with Crippen molar-refractivity contribution in [3.05, 3.63) is 0 Å². The van der Waals surface area contributed by atoms with Crippen LogP contribution in [0, 0.1) is 0 Å². The molecule has 0 spiro atoms. The summed E-state index contributed by atoms with van der Waals surface area (Å²) in [6.45, 7) is 0.733. The summed E-state index contributed by atoms with van der Waals surface area (Å²) in [5, 5.41) is 17.4. The Morgan fingerprint density at radius 1 is 1.36 bits per heavy atom. The Kier molecular flexibility index (Phi) is 6.05. The number of hydrazine groups is 1. The molecule has 0 bridgehead atoms. The minimum absolute atomic E-state index is 0.0121. The van der Waals surface area contributed by atoms with Gasteiger partial charge in [0.2, 0.25) is 0 Å². The van der Waals surface area contributed by atoms with E-state index >= 15 is 0 Å². The summed E-state index contributed by atoms with van der Waals surface area (Å²) >= 11 is 4.78. The van der Waals surface area contributed by atoms with Crippen LogP contribution in [-0.4, -0.2) is 46.5 Å². The Hall–Kier alpha value is -0.430. The number of hydrogen-bond donors (Lipinski definition) is 4.